The minimum absolute atomic E-state index is 0. The van der Waals surface area contributed by atoms with Gasteiger partial charge in [0.2, 0.25) is 0 Å². The fourth-order valence-electron chi connectivity index (χ4n) is 1.02. The van der Waals surface area contributed by atoms with Crippen LogP contribution in [-0.2, 0) is 26.2 Å². The summed E-state index contributed by atoms with van der Waals surface area (Å²) >= 11 is 0. The van der Waals surface area contributed by atoms with Gasteiger partial charge in [-0.3, -0.25) is 12.2 Å². The fraction of sp³-hybridized carbons (Fsp3) is 0.125. The topological polar surface area (TPSA) is 0 Å². The van der Waals surface area contributed by atoms with Crippen molar-refractivity contribution in [2.24, 2.45) is 0 Å². The van der Waals surface area contributed by atoms with Crippen LogP contribution in [0.3, 0.4) is 0 Å². The Kier molecular flexibility index (Phi) is 12.4. The van der Waals surface area contributed by atoms with Gasteiger partial charge < -0.3 is 0 Å². The van der Waals surface area contributed by atoms with E-state index in [9.17, 15) is 0 Å². The van der Waals surface area contributed by atoms with Crippen molar-refractivity contribution in [2.75, 3.05) is 0 Å². The Balaban J connectivity index is 0.000000221. The molecule has 1 radical (unpaired) electrons. The predicted octanol–water partition coefficient (Wildman–Crippen LogP) is 4.10. The molecule has 1 aromatic carbocycles. The molecule has 1 aromatic rings. The van der Waals surface area contributed by atoms with Gasteiger partial charge in [-0.1, -0.05) is 0 Å². The fourth-order valence-corrected chi connectivity index (χ4v) is 1.02. The minimum Gasteiger partial charge on any atom is -0.273 e. The zero-order valence-corrected chi connectivity index (χ0v) is 12.2. The van der Waals surface area contributed by atoms with Crippen LogP contribution in [0.15, 0.2) is 66.8 Å². The molecule has 0 atom stereocenters. The van der Waals surface area contributed by atoms with Crippen molar-refractivity contribution in [2.45, 2.75) is 12.8 Å². The predicted molar refractivity (Wildman–Crippen MR) is 68.4 cm³/mol. The summed E-state index contributed by atoms with van der Waals surface area (Å²) in [7, 11) is 0. The summed E-state index contributed by atoms with van der Waals surface area (Å²) in [5.41, 5.74) is 0. The molecule has 0 saturated heterocycles. The van der Waals surface area contributed by atoms with E-state index in [1.807, 2.05) is 54.6 Å². The van der Waals surface area contributed by atoms with Gasteiger partial charge in [0, 0.05) is 0 Å². The van der Waals surface area contributed by atoms with Crippen LogP contribution in [-0.4, -0.2) is 0 Å². The maximum absolute atomic E-state index is 2.99. The van der Waals surface area contributed by atoms with E-state index in [2.05, 4.69) is 30.4 Å². The minimum atomic E-state index is 0. The third-order valence-electron chi connectivity index (χ3n) is 1.78. The first-order valence-electron chi connectivity index (χ1n) is 5.34. The molecule has 0 aromatic heterocycles. The quantitative estimate of drug-likeness (QED) is 0.633. The normalized spacial score (nSPS) is 13.2. The smallest absolute Gasteiger partial charge is 0.273 e. The van der Waals surface area contributed by atoms with E-state index in [0.29, 0.717) is 0 Å². The van der Waals surface area contributed by atoms with Crippen LogP contribution in [0.25, 0.3) is 0 Å². The van der Waals surface area contributed by atoms with Crippen LogP contribution in [0, 0.1) is 18.2 Å². The summed E-state index contributed by atoms with van der Waals surface area (Å²) in [6.07, 6.45) is 20.0. The molecule has 0 amide bonds. The molecular weight excluding hydrogens is 283 g/mol. The summed E-state index contributed by atoms with van der Waals surface area (Å²) in [6.45, 7) is 0. The van der Waals surface area contributed by atoms with E-state index in [1.54, 1.807) is 0 Å². The van der Waals surface area contributed by atoms with Crippen molar-refractivity contribution in [1.82, 2.24) is 0 Å². The molecule has 0 fully saturated rings. The van der Waals surface area contributed by atoms with Gasteiger partial charge in [-0.25, -0.2) is 24.3 Å². The molecule has 1 heteroatoms. The van der Waals surface area contributed by atoms with Crippen LogP contribution in [0.2, 0.25) is 0 Å². The van der Waals surface area contributed by atoms with E-state index in [-0.39, 0.29) is 26.2 Å². The molecule has 0 nitrogen and oxygen atoms in total. The second kappa shape index (κ2) is 13.1. The number of allylic oxidation sites excluding steroid dienone is 8. The van der Waals surface area contributed by atoms with E-state index >= 15 is 0 Å². The Morgan fingerprint density at radius 1 is 0.706 bits per heavy atom. The first-order valence-corrected chi connectivity index (χ1v) is 5.34. The van der Waals surface area contributed by atoms with Crippen molar-refractivity contribution in [3.63, 3.8) is 0 Å². The standard InChI is InChI=1S/C6H5.2C5H5.Zr/c1-2-4-6-5-3-1;2*1-2-4-5-3-1;/h1-5H;2*1-3H,4H2;/q3*-1;+3. The summed E-state index contributed by atoms with van der Waals surface area (Å²) < 4.78 is 0. The molecule has 0 unspecified atom stereocenters. The van der Waals surface area contributed by atoms with E-state index < -0.39 is 0 Å². The van der Waals surface area contributed by atoms with Crippen LogP contribution < -0.4 is 0 Å². The van der Waals surface area contributed by atoms with Crippen molar-refractivity contribution >= 4 is 0 Å². The average molecular weight is 299 g/mol. The first kappa shape index (κ1) is 16.1. The number of rotatable bonds is 0. The Hall–Kier alpha value is -0.937. The third-order valence-corrected chi connectivity index (χ3v) is 1.78. The summed E-state index contributed by atoms with van der Waals surface area (Å²) in [4.78, 5) is 0. The van der Waals surface area contributed by atoms with Gasteiger partial charge >= 0.3 is 26.2 Å². The van der Waals surface area contributed by atoms with Crippen LogP contribution in [0.1, 0.15) is 12.8 Å². The Labute approximate surface area is 124 Å². The van der Waals surface area contributed by atoms with Gasteiger partial charge in [-0.2, -0.15) is 48.6 Å². The largest absolute Gasteiger partial charge is 3.00 e. The van der Waals surface area contributed by atoms with E-state index in [4.69, 9.17) is 0 Å². The van der Waals surface area contributed by atoms with Gasteiger partial charge in [0.05, 0.1) is 0 Å². The third kappa shape index (κ3) is 11.3. The Morgan fingerprint density at radius 2 is 1.24 bits per heavy atom. The number of hydrogen-bond donors (Lipinski definition) is 0. The van der Waals surface area contributed by atoms with Crippen LogP contribution in [0.4, 0.5) is 0 Å². The van der Waals surface area contributed by atoms with Crippen LogP contribution >= 0.6 is 0 Å². The Morgan fingerprint density at radius 3 is 1.35 bits per heavy atom. The molecule has 2 aliphatic rings. The number of hydrogen-bond acceptors (Lipinski definition) is 0. The van der Waals surface area contributed by atoms with Crippen molar-refractivity contribution < 1.29 is 26.2 Å². The molecule has 0 spiro atoms. The van der Waals surface area contributed by atoms with Gasteiger partial charge in [0.25, 0.3) is 0 Å². The monoisotopic (exact) mass is 297 g/mol. The molecule has 83 valence electrons. The molecular formula is C16H15Zr. The average Bonchev–Trinajstić information content (AvgIpc) is 3.10. The van der Waals surface area contributed by atoms with E-state index in [0.717, 1.165) is 12.8 Å². The molecule has 0 bridgehead atoms. The molecule has 0 aliphatic heterocycles. The van der Waals surface area contributed by atoms with Gasteiger partial charge in [-0.15, -0.1) is 12.8 Å². The molecule has 0 heterocycles. The SMILES string of the molecule is [C-]1=CC=CC1.[C-]1=CC=CC1.[Zr+3].[c-]1ccccc1. The summed E-state index contributed by atoms with van der Waals surface area (Å²) in [5, 5.41) is 0. The molecule has 0 saturated carbocycles. The van der Waals surface area contributed by atoms with Crippen molar-refractivity contribution in [1.29, 1.82) is 0 Å². The van der Waals surface area contributed by atoms with Crippen LogP contribution in [0.5, 0.6) is 0 Å². The maximum Gasteiger partial charge on any atom is 3.00 e. The van der Waals surface area contributed by atoms with Crippen molar-refractivity contribution in [3.8, 4) is 0 Å². The van der Waals surface area contributed by atoms with Gasteiger partial charge in [0.15, 0.2) is 0 Å². The van der Waals surface area contributed by atoms with Gasteiger partial charge in [-0.05, 0) is 0 Å². The Bertz CT molecular complexity index is 290. The zero-order chi connectivity index (χ0) is 11.3. The molecule has 2 aliphatic carbocycles. The van der Waals surface area contributed by atoms with E-state index in [1.165, 1.54) is 0 Å². The summed E-state index contributed by atoms with van der Waals surface area (Å²) in [5.74, 6) is 0. The van der Waals surface area contributed by atoms with Gasteiger partial charge in [0.1, 0.15) is 0 Å². The zero-order valence-electron chi connectivity index (χ0n) is 9.77. The molecule has 17 heavy (non-hydrogen) atoms. The van der Waals surface area contributed by atoms with Crippen molar-refractivity contribution in [3.05, 3.63) is 85.0 Å². The first-order chi connectivity index (χ1) is 8.00. The second-order valence-corrected chi connectivity index (χ2v) is 3.08. The molecule has 3 rings (SSSR count). The number of benzene rings is 1. The maximum atomic E-state index is 2.99. The second-order valence-electron chi connectivity index (χ2n) is 3.08. The molecule has 0 N–H and O–H groups in total. The summed E-state index contributed by atoms with van der Waals surface area (Å²) in [6, 6.07) is 12.5.